The summed E-state index contributed by atoms with van der Waals surface area (Å²) in [4.78, 5) is 2.65. The smallest absolute Gasteiger partial charge is 0.119 e. The average molecular weight is 260 g/mol. The third-order valence-electron chi connectivity index (χ3n) is 4.11. The predicted molar refractivity (Wildman–Crippen MR) is 77.5 cm³/mol. The van der Waals surface area contributed by atoms with Crippen molar-refractivity contribution in [1.82, 2.24) is 10.2 Å². The zero-order chi connectivity index (χ0) is 13.1. The predicted octanol–water partition coefficient (Wildman–Crippen LogP) is 2.41. The molecule has 3 heteroatoms. The van der Waals surface area contributed by atoms with Gasteiger partial charge in [-0.25, -0.2) is 0 Å². The van der Waals surface area contributed by atoms with E-state index in [-0.39, 0.29) is 0 Å². The van der Waals surface area contributed by atoms with Gasteiger partial charge in [0.25, 0.3) is 0 Å². The minimum absolute atomic E-state index is 0.673. The highest BCUT2D eigenvalue weighted by Gasteiger charge is 2.33. The summed E-state index contributed by atoms with van der Waals surface area (Å²) in [6, 6.07) is 10.0. The molecule has 2 fully saturated rings. The number of nitrogens with zero attached hydrogens (tertiary/aromatic N) is 1. The van der Waals surface area contributed by atoms with E-state index >= 15 is 0 Å². The molecule has 1 atom stereocenters. The maximum atomic E-state index is 5.46. The highest BCUT2D eigenvalue weighted by atomic mass is 16.5. The second kappa shape index (κ2) is 5.93. The summed E-state index contributed by atoms with van der Waals surface area (Å²) in [7, 11) is 0. The number of likely N-dealkylation sites (tertiary alicyclic amines) is 1. The van der Waals surface area contributed by atoms with Crippen LogP contribution in [0.15, 0.2) is 24.3 Å². The van der Waals surface area contributed by atoms with Crippen LogP contribution in [0.3, 0.4) is 0 Å². The second-order valence-electron chi connectivity index (χ2n) is 5.67. The van der Waals surface area contributed by atoms with Crippen molar-refractivity contribution in [2.45, 2.75) is 44.8 Å². The Morgan fingerprint density at radius 3 is 2.68 bits per heavy atom. The van der Waals surface area contributed by atoms with Crippen LogP contribution in [0.25, 0.3) is 0 Å². The fraction of sp³-hybridized carbons (Fsp3) is 0.625. The molecule has 1 unspecified atom stereocenters. The Hall–Kier alpha value is -1.06. The van der Waals surface area contributed by atoms with Crippen LogP contribution in [-0.4, -0.2) is 36.7 Å². The SMILES string of the molecule is CCOc1ccc(CNC2CCN(C3CC3)C2)cc1. The molecule has 1 aliphatic carbocycles. The van der Waals surface area contributed by atoms with Crippen molar-refractivity contribution in [3.63, 3.8) is 0 Å². The van der Waals surface area contributed by atoms with Crippen LogP contribution in [-0.2, 0) is 6.54 Å². The Kier molecular flexibility index (Phi) is 4.04. The molecule has 19 heavy (non-hydrogen) atoms. The number of rotatable bonds is 6. The van der Waals surface area contributed by atoms with Crippen molar-refractivity contribution in [2.75, 3.05) is 19.7 Å². The topological polar surface area (TPSA) is 24.5 Å². The van der Waals surface area contributed by atoms with Crippen molar-refractivity contribution in [3.8, 4) is 5.75 Å². The summed E-state index contributed by atoms with van der Waals surface area (Å²) in [5, 5.41) is 3.68. The van der Waals surface area contributed by atoms with Gasteiger partial charge in [0.2, 0.25) is 0 Å². The largest absolute Gasteiger partial charge is 0.494 e. The zero-order valence-corrected chi connectivity index (χ0v) is 11.8. The van der Waals surface area contributed by atoms with Crippen molar-refractivity contribution in [1.29, 1.82) is 0 Å². The number of benzene rings is 1. The fourth-order valence-electron chi connectivity index (χ4n) is 2.86. The molecule has 0 radical (unpaired) electrons. The molecule has 0 spiro atoms. The highest BCUT2D eigenvalue weighted by Crippen LogP contribution is 2.29. The minimum Gasteiger partial charge on any atom is -0.494 e. The Morgan fingerprint density at radius 1 is 1.21 bits per heavy atom. The summed E-state index contributed by atoms with van der Waals surface area (Å²) in [6.45, 7) is 6.24. The number of hydrogen-bond acceptors (Lipinski definition) is 3. The van der Waals surface area contributed by atoms with Gasteiger partial charge in [0.15, 0.2) is 0 Å². The van der Waals surface area contributed by atoms with Crippen molar-refractivity contribution < 1.29 is 4.74 Å². The molecular weight excluding hydrogens is 236 g/mol. The van der Waals surface area contributed by atoms with Gasteiger partial charge in [-0.15, -0.1) is 0 Å². The third kappa shape index (κ3) is 3.48. The summed E-state index contributed by atoms with van der Waals surface area (Å²) in [5.74, 6) is 0.965. The molecule has 1 saturated carbocycles. The lowest BCUT2D eigenvalue weighted by molar-refractivity contribution is 0.317. The summed E-state index contributed by atoms with van der Waals surface area (Å²) in [6.07, 6.45) is 4.14. The van der Waals surface area contributed by atoms with E-state index in [0.717, 1.165) is 24.9 Å². The summed E-state index contributed by atoms with van der Waals surface area (Å²) < 4.78 is 5.46. The Morgan fingerprint density at radius 2 is 2.00 bits per heavy atom. The van der Waals surface area contributed by atoms with Crippen LogP contribution < -0.4 is 10.1 Å². The Balaban J connectivity index is 1.44. The first-order valence-corrected chi connectivity index (χ1v) is 7.54. The molecule has 1 saturated heterocycles. The van der Waals surface area contributed by atoms with Crippen LogP contribution in [0.4, 0.5) is 0 Å². The molecule has 1 aromatic rings. The molecule has 1 aliphatic heterocycles. The standard InChI is InChI=1S/C16H24N2O/c1-2-19-16-7-3-13(4-8-16)11-17-14-9-10-18(12-14)15-5-6-15/h3-4,7-8,14-15,17H,2,5-6,9-12H2,1H3. The first kappa shape index (κ1) is 12.9. The second-order valence-corrected chi connectivity index (χ2v) is 5.67. The first-order chi connectivity index (χ1) is 9.35. The van der Waals surface area contributed by atoms with Gasteiger partial charge in [0.1, 0.15) is 5.75 Å². The molecule has 1 aromatic carbocycles. The molecule has 3 nitrogen and oxygen atoms in total. The van der Waals surface area contributed by atoms with E-state index in [0.29, 0.717) is 6.04 Å². The van der Waals surface area contributed by atoms with E-state index in [1.807, 2.05) is 6.92 Å². The van der Waals surface area contributed by atoms with Gasteiger partial charge < -0.3 is 10.1 Å². The molecule has 104 valence electrons. The molecular formula is C16H24N2O. The maximum absolute atomic E-state index is 5.46. The van der Waals surface area contributed by atoms with E-state index < -0.39 is 0 Å². The molecule has 0 aromatic heterocycles. The monoisotopic (exact) mass is 260 g/mol. The Labute approximate surface area is 115 Å². The molecule has 0 bridgehead atoms. The average Bonchev–Trinajstić information content (AvgIpc) is 3.18. The van der Waals surface area contributed by atoms with Gasteiger partial charge in [0, 0.05) is 31.7 Å². The lowest BCUT2D eigenvalue weighted by Gasteiger charge is -2.16. The lowest BCUT2D eigenvalue weighted by Crippen LogP contribution is -2.32. The van der Waals surface area contributed by atoms with Crippen LogP contribution >= 0.6 is 0 Å². The summed E-state index contributed by atoms with van der Waals surface area (Å²) in [5.41, 5.74) is 1.34. The third-order valence-corrected chi connectivity index (χ3v) is 4.11. The molecule has 0 amide bonds. The minimum atomic E-state index is 0.673. The van der Waals surface area contributed by atoms with Gasteiger partial charge in [0.05, 0.1) is 6.61 Å². The van der Waals surface area contributed by atoms with Gasteiger partial charge in [-0.3, -0.25) is 4.90 Å². The van der Waals surface area contributed by atoms with Crippen LogP contribution in [0.5, 0.6) is 5.75 Å². The molecule has 3 rings (SSSR count). The molecule has 2 aliphatic rings. The Bertz CT molecular complexity index is 400. The van der Waals surface area contributed by atoms with Gasteiger partial charge in [-0.2, -0.15) is 0 Å². The van der Waals surface area contributed by atoms with Gasteiger partial charge in [-0.1, -0.05) is 12.1 Å². The first-order valence-electron chi connectivity index (χ1n) is 7.54. The van der Waals surface area contributed by atoms with Crippen molar-refractivity contribution in [3.05, 3.63) is 29.8 Å². The van der Waals surface area contributed by atoms with E-state index in [1.165, 1.54) is 37.9 Å². The van der Waals surface area contributed by atoms with E-state index in [4.69, 9.17) is 4.74 Å². The van der Waals surface area contributed by atoms with Crippen LogP contribution in [0.2, 0.25) is 0 Å². The highest BCUT2D eigenvalue weighted by molar-refractivity contribution is 5.27. The molecule has 1 N–H and O–H groups in total. The van der Waals surface area contributed by atoms with Gasteiger partial charge >= 0.3 is 0 Å². The van der Waals surface area contributed by atoms with E-state index in [1.54, 1.807) is 0 Å². The number of hydrogen-bond donors (Lipinski definition) is 1. The molecule has 1 heterocycles. The normalized spacial score (nSPS) is 23.7. The van der Waals surface area contributed by atoms with E-state index in [2.05, 4.69) is 34.5 Å². The number of ether oxygens (including phenoxy) is 1. The van der Waals surface area contributed by atoms with Crippen LogP contribution in [0.1, 0.15) is 31.7 Å². The fourth-order valence-corrected chi connectivity index (χ4v) is 2.86. The van der Waals surface area contributed by atoms with Crippen molar-refractivity contribution >= 4 is 0 Å². The van der Waals surface area contributed by atoms with E-state index in [9.17, 15) is 0 Å². The quantitative estimate of drug-likeness (QED) is 0.850. The van der Waals surface area contributed by atoms with Crippen LogP contribution in [0, 0.1) is 0 Å². The lowest BCUT2D eigenvalue weighted by atomic mass is 10.2. The maximum Gasteiger partial charge on any atom is 0.119 e. The summed E-state index contributed by atoms with van der Waals surface area (Å²) >= 11 is 0. The zero-order valence-electron chi connectivity index (χ0n) is 11.8. The van der Waals surface area contributed by atoms with Crippen molar-refractivity contribution in [2.24, 2.45) is 0 Å². The number of nitrogens with one attached hydrogen (secondary N) is 1. The van der Waals surface area contributed by atoms with Gasteiger partial charge in [-0.05, 0) is 43.9 Å².